The van der Waals surface area contributed by atoms with Crippen molar-refractivity contribution in [2.45, 2.75) is 6.36 Å². The van der Waals surface area contributed by atoms with E-state index in [-0.39, 0.29) is 16.3 Å². The van der Waals surface area contributed by atoms with Crippen molar-refractivity contribution < 1.29 is 17.9 Å². The smallest absolute Gasteiger partial charge is 0.404 e. The zero-order chi connectivity index (χ0) is 15.3. The number of alkyl halides is 3. The molecule has 0 saturated carbocycles. The summed E-state index contributed by atoms with van der Waals surface area (Å²) in [5, 5.41) is 18.9. The average molecular weight is 322 g/mol. The fourth-order valence-electron chi connectivity index (χ4n) is 1.09. The number of rotatable bonds is 3. The molecular weight excluding hydrogens is 318 g/mol. The monoisotopic (exact) mass is 321 g/mol. The first-order chi connectivity index (χ1) is 9.26. The van der Waals surface area contributed by atoms with Gasteiger partial charge in [-0.15, -0.1) is 13.2 Å². The second-order valence-corrected chi connectivity index (χ2v) is 4.03. The molecule has 0 aliphatic carbocycles. The van der Waals surface area contributed by atoms with Crippen LogP contribution in [0.5, 0.6) is 5.75 Å². The summed E-state index contributed by atoms with van der Waals surface area (Å²) < 4.78 is 40.2. The van der Waals surface area contributed by atoms with Gasteiger partial charge in [-0.1, -0.05) is 23.2 Å². The van der Waals surface area contributed by atoms with E-state index in [0.717, 1.165) is 12.3 Å². The van der Waals surface area contributed by atoms with Gasteiger partial charge in [0.15, 0.2) is 5.75 Å². The second-order valence-electron chi connectivity index (χ2n) is 3.24. The van der Waals surface area contributed by atoms with Gasteiger partial charge >= 0.3 is 6.36 Å². The van der Waals surface area contributed by atoms with Crippen LogP contribution in [0.25, 0.3) is 0 Å². The highest BCUT2D eigenvalue weighted by atomic mass is 35.5. The fourth-order valence-corrected chi connectivity index (χ4v) is 1.45. The van der Waals surface area contributed by atoms with Gasteiger partial charge in [0.25, 0.3) is 0 Å². The van der Waals surface area contributed by atoms with Gasteiger partial charge in [0.1, 0.15) is 22.7 Å². The molecule has 0 unspecified atom stereocenters. The summed E-state index contributed by atoms with van der Waals surface area (Å²) in [6, 6.07) is 5.29. The maximum atomic E-state index is 12.2. The van der Waals surface area contributed by atoms with Crippen LogP contribution in [0.4, 0.5) is 18.9 Å². The van der Waals surface area contributed by atoms with Crippen LogP contribution in [0.15, 0.2) is 23.9 Å². The number of nitriles is 2. The molecule has 1 aromatic rings. The van der Waals surface area contributed by atoms with Crippen molar-refractivity contribution in [2.24, 2.45) is 0 Å². The Bertz CT molecular complexity index is 614. The van der Waals surface area contributed by atoms with Gasteiger partial charge in [-0.3, -0.25) is 0 Å². The number of anilines is 1. The average Bonchev–Trinajstić information content (AvgIpc) is 2.34. The first-order valence-electron chi connectivity index (χ1n) is 4.78. The van der Waals surface area contributed by atoms with Crippen molar-refractivity contribution in [3.8, 4) is 17.9 Å². The largest absolute Gasteiger partial charge is 0.573 e. The molecule has 1 aromatic carbocycles. The number of ether oxygens (including phenoxy) is 1. The number of benzene rings is 1. The molecule has 0 aliphatic heterocycles. The maximum Gasteiger partial charge on any atom is 0.573 e. The van der Waals surface area contributed by atoms with Crippen LogP contribution < -0.4 is 10.1 Å². The fraction of sp³-hybridized carbons (Fsp3) is 0.0909. The Morgan fingerprint density at radius 3 is 2.35 bits per heavy atom. The van der Waals surface area contributed by atoms with Crippen molar-refractivity contribution in [3.05, 3.63) is 34.0 Å². The maximum absolute atomic E-state index is 12.2. The Labute approximate surface area is 121 Å². The predicted molar refractivity (Wildman–Crippen MR) is 66.1 cm³/mol. The molecule has 4 nitrogen and oxygen atoms in total. The van der Waals surface area contributed by atoms with Crippen molar-refractivity contribution in [2.75, 3.05) is 5.32 Å². The van der Waals surface area contributed by atoms with Crippen molar-refractivity contribution >= 4 is 28.9 Å². The van der Waals surface area contributed by atoms with Crippen molar-refractivity contribution in [1.29, 1.82) is 10.5 Å². The van der Waals surface area contributed by atoms with E-state index in [0.29, 0.717) is 0 Å². The van der Waals surface area contributed by atoms with E-state index in [4.69, 9.17) is 33.7 Å². The van der Waals surface area contributed by atoms with Crippen LogP contribution in [0.1, 0.15) is 0 Å². The van der Waals surface area contributed by atoms with E-state index in [1.54, 1.807) is 12.1 Å². The summed E-state index contributed by atoms with van der Waals surface area (Å²) in [7, 11) is 0. The molecule has 0 aromatic heterocycles. The molecule has 0 bridgehead atoms. The minimum atomic E-state index is -4.92. The van der Waals surface area contributed by atoms with E-state index in [9.17, 15) is 13.2 Å². The second kappa shape index (κ2) is 6.38. The molecule has 0 amide bonds. The van der Waals surface area contributed by atoms with Crippen molar-refractivity contribution in [1.82, 2.24) is 0 Å². The van der Waals surface area contributed by atoms with Gasteiger partial charge in [0.2, 0.25) is 0 Å². The van der Waals surface area contributed by atoms with E-state index in [2.05, 4.69) is 10.1 Å². The number of halogens is 5. The zero-order valence-corrected chi connectivity index (χ0v) is 10.9. The first-order valence-corrected chi connectivity index (χ1v) is 5.54. The molecule has 0 fully saturated rings. The highest BCUT2D eigenvalue weighted by Crippen LogP contribution is 2.38. The molecule has 0 aliphatic rings. The summed E-state index contributed by atoms with van der Waals surface area (Å²) >= 11 is 11.2. The number of hydrogen-bond donors (Lipinski definition) is 1. The molecule has 0 spiro atoms. The van der Waals surface area contributed by atoms with Gasteiger partial charge < -0.3 is 10.1 Å². The number of allylic oxidation sites excluding steroid dienone is 1. The molecule has 0 saturated heterocycles. The van der Waals surface area contributed by atoms with Crippen LogP contribution in [0.3, 0.4) is 0 Å². The molecule has 20 heavy (non-hydrogen) atoms. The number of hydrogen-bond acceptors (Lipinski definition) is 4. The van der Waals surface area contributed by atoms with E-state index < -0.39 is 17.1 Å². The van der Waals surface area contributed by atoms with Crippen LogP contribution in [0.2, 0.25) is 10.0 Å². The molecule has 9 heteroatoms. The SMILES string of the molecule is N#CC(C#N)=CNc1cc(Cl)c(Cl)c(OC(F)(F)F)c1. The lowest BCUT2D eigenvalue weighted by Crippen LogP contribution is -2.17. The highest BCUT2D eigenvalue weighted by molar-refractivity contribution is 6.43. The normalized spacial score (nSPS) is 10.2. The number of nitrogens with one attached hydrogen (secondary N) is 1. The standard InChI is InChI=1S/C11H4Cl2F3N3O/c12-8-1-7(19-5-6(3-17)4-18)2-9(10(8)13)20-11(14,15)16/h1-2,5,19H. The van der Waals surface area contributed by atoms with Crippen LogP contribution in [-0.2, 0) is 0 Å². The zero-order valence-electron chi connectivity index (χ0n) is 9.42. The van der Waals surface area contributed by atoms with Crippen LogP contribution in [-0.4, -0.2) is 6.36 Å². The molecule has 104 valence electrons. The Kier molecular flexibility index (Phi) is 5.09. The molecule has 1 rings (SSSR count). The Morgan fingerprint density at radius 1 is 1.25 bits per heavy atom. The third-order valence-corrected chi connectivity index (χ3v) is 2.63. The molecule has 0 radical (unpaired) electrons. The summed E-state index contributed by atoms with van der Waals surface area (Å²) in [5.41, 5.74) is -0.198. The summed E-state index contributed by atoms with van der Waals surface area (Å²) in [5.74, 6) is -0.696. The van der Waals surface area contributed by atoms with Gasteiger partial charge in [0.05, 0.1) is 5.02 Å². The minimum Gasteiger partial charge on any atom is -0.404 e. The highest BCUT2D eigenvalue weighted by Gasteiger charge is 2.32. The third-order valence-electron chi connectivity index (χ3n) is 1.84. The lowest BCUT2D eigenvalue weighted by molar-refractivity contribution is -0.274. The molecule has 0 heterocycles. The van der Waals surface area contributed by atoms with Crippen LogP contribution >= 0.6 is 23.2 Å². The lowest BCUT2D eigenvalue weighted by Gasteiger charge is -2.13. The van der Waals surface area contributed by atoms with Gasteiger partial charge in [-0.05, 0) is 6.07 Å². The van der Waals surface area contributed by atoms with E-state index in [1.165, 1.54) is 6.07 Å². The molecular formula is C11H4Cl2F3N3O. The summed E-state index contributed by atoms with van der Waals surface area (Å²) in [6.45, 7) is 0. The minimum absolute atomic E-state index is 0.0710. The quantitative estimate of drug-likeness (QED) is 0.845. The Morgan fingerprint density at radius 2 is 1.85 bits per heavy atom. The van der Waals surface area contributed by atoms with E-state index >= 15 is 0 Å². The molecule has 1 N–H and O–H groups in total. The number of nitrogens with zero attached hydrogens (tertiary/aromatic N) is 2. The summed E-state index contributed by atoms with van der Waals surface area (Å²) in [4.78, 5) is 0. The van der Waals surface area contributed by atoms with Gasteiger partial charge in [0, 0.05) is 18.0 Å². The van der Waals surface area contributed by atoms with E-state index in [1.807, 2.05) is 0 Å². The topological polar surface area (TPSA) is 68.8 Å². The lowest BCUT2D eigenvalue weighted by atomic mass is 10.3. The Balaban J connectivity index is 3.10. The summed E-state index contributed by atoms with van der Waals surface area (Å²) in [6.07, 6.45) is -3.91. The van der Waals surface area contributed by atoms with Gasteiger partial charge in [-0.25, -0.2) is 0 Å². The van der Waals surface area contributed by atoms with Crippen LogP contribution in [0, 0.1) is 22.7 Å². The van der Waals surface area contributed by atoms with Crippen molar-refractivity contribution in [3.63, 3.8) is 0 Å². The molecule has 0 atom stereocenters. The third kappa shape index (κ3) is 4.54. The first kappa shape index (κ1) is 16.0. The predicted octanol–water partition coefficient (Wildman–Crippen LogP) is 4.23. The van der Waals surface area contributed by atoms with Gasteiger partial charge in [-0.2, -0.15) is 10.5 Å². The Hall–Kier alpha value is -2.09.